The number of rotatable bonds is 2. The second kappa shape index (κ2) is 4.96. The van der Waals surface area contributed by atoms with E-state index in [0.717, 1.165) is 18.4 Å². The van der Waals surface area contributed by atoms with Gasteiger partial charge in [0.1, 0.15) is 0 Å². The fourth-order valence-corrected chi connectivity index (χ4v) is 4.07. The molecule has 0 amide bonds. The number of nitrogens with zero attached hydrogens (tertiary/aromatic N) is 1. The van der Waals surface area contributed by atoms with Crippen LogP contribution in [0.2, 0.25) is 0 Å². The van der Waals surface area contributed by atoms with Gasteiger partial charge in [0, 0.05) is 18.5 Å². The molecule has 1 fully saturated rings. The van der Waals surface area contributed by atoms with Crippen LogP contribution in [0.4, 0.5) is 0 Å². The number of piperidine rings is 1. The van der Waals surface area contributed by atoms with Crippen LogP contribution in [-0.2, 0) is 10.0 Å². The van der Waals surface area contributed by atoms with Gasteiger partial charge in [-0.3, -0.25) is 0 Å². The Kier molecular flexibility index (Phi) is 3.76. The Morgan fingerprint density at radius 2 is 2.18 bits per heavy atom. The van der Waals surface area contributed by atoms with E-state index in [4.69, 9.17) is 11.6 Å². The zero-order chi connectivity index (χ0) is 12.5. The largest absolute Gasteiger partial charge is 0.243 e. The SMILES string of the molecule is Cc1cccc(S(=O)(=O)N2CCCC(Cl)C2)c1. The van der Waals surface area contributed by atoms with Gasteiger partial charge < -0.3 is 0 Å². The van der Waals surface area contributed by atoms with Crippen LogP contribution in [0, 0.1) is 6.92 Å². The number of hydrogen-bond donors (Lipinski definition) is 0. The first-order valence-electron chi connectivity index (χ1n) is 5.71. The zero-order valence-corrected chi connectivity index (χ0v) is 11.3. The summed E-state index contributed by atoms with van der Waals surface area (Å²) in [5, 5.41) is -0.0664. The molecule has 2 rings (SSSR count). The second-order valence-electron chi connectivity index (χ2n) is 4.42. The number of halogens is 1. The van der Waals surface area contributed by atoms with Crippen molar-refractivity contribution < 1.29 is 8.42 Å². The van der Waals surface area contributed by atoms with Crippen LogP contribution in [0.5, 0.6) is 0 Å². The molecule has 0 aromatic heterocycles. The third-order valence-corrected chi connectivity index (χ3v) is 5.17. The van der Waals surface area contributed by atoms with Crippen molar-refractivity contribution in [3.63, 3.8) is 0 Å². The van der Waals surface area contributed by atoms with Crippen molar-refractivity contribution in [3.05, 3.63) is 29.8 Å². The van der Waals surface area contributed by atoms with E-state index in [1.807, 2.05) is 13.0 Å². The van der Waals surface area contributed by atoms with Crippen molar-refractivity contribution in [2.45, 2.75) is 30.0 Å². The summed E-state index contributed by atoms with van der Waals surface area (Å²) in [7, 11) is -3.37. The minimum atomic E-state index is -3.37. The van der Waals surface area contributed by atoms with E-state index in [1.54, 1.807) is 18.2 Å². The van der Waals surface area contributed by atoms with E-state index in [0.29, 0.717) is 18.0 Å². The summed E-state index contributed by atoms with van der Waals surface area (Å²) in [5.74, 6) is 0. The topological polar surface area (TPSA) is 37.4 Å². The first-order chi connectivity index (χ1) is 8.00. The van der Waals surface area contributed by atoms with Crippen molar-refractivity contribution in [3.8, 4) is 0 Å². The number of alkyl halides is 1. The summed E-state index contributed by atoms with van der Waals surface area (Å²) in [6.45, 7) is 2.87. The second-order valence-corrected chi connectivity index (χ2v) is 6.97. The molecule has 1 saturated heterocycles. The van der Waals surface area contributed by atoms with Crippen molar-refractivity contribution in [2.24, 2.45) is 0 Å². The lowest BCUT2D eigenvalue weighted by atomic mass is 10.2. The Morgan fingerprint density at radius 1 is 1.41 bits per heavy atom. The molecule has 5 heteroatoms. The van der Waals surface area contributed by atoms with Gasteiger partial charge in [0.05, 0.1) is 4.90 Å². The molecule has 1 heterocycles. The highest BCUT2D eigenvalue weighted by molar-refractivity contribution is 7.89. The summed E-state index contributed by atoms with van der Waals surface area (Å²) >= 11 is 6.03. The molecule has 1 aliphatic rings. The molecule has 0 saturated carbocycles. The van der Waals surface area contributed by atoms with Gasteiger partial charge in [-0.05, 0) is 37.5 Å². The van der Waals surface area contributed by atoms with Gasteiger partial charge in [0.2, 0.25) is 10.0 Å². The Balaban J connectivity index is 2.29. The van der Waals surface area contributed by atoms with Gasteiger partial charge in [0.15, 0.2) is 0 Å². The van der Waals surface area contributed by atoms with Crippen molar-refractivity contribution >= 4 is 21.6 Å². The first kappa shape index (κ1) is 12.9. The van der Waals surface area contributed by atoms with E-state index in [1.165, 1.54) is 4.31 Å². The van der Waals surface area contributed by atoms with Crippen LogP contribution in [0.25, 0.3) is 0 Å². The van der Waals surface area contributed by atoms with Crippen LogP contribution >= 0.6 is 11.6 Å². The molecule has 17 heavy (non-hydrogen) atoms. The standard InChI is InChI=1S/C12H16ClNO2S/c1-10-4-2-6-12(8-10)17(15,16)14-7-3-5-11(13)9-14/h2,4,6,8,11H,3,5,7,9H2,1H3. The number of hydrogen-bond acceptors (Lipinski definition) is 2. The summed E-state index contributed by atoms with van der Waals surface area (Å²) < 4.78 is 26.2. The Morgan fingerprint density at radius 3 is 2.82 bits per heavy atom. The lowest BCUT2D eigenvalue weighted by molar-refractivity contribution is 0.350. The molecule has 1 aromatic carbocycles. The molecule has 1 unspecified atom stereocenters. The molecular weight excluding hydrogens is 258 g/mol. The molecule has 94 valence electrons. The van der Waals surface area contributed by atoms with Crippen molar-refractivity contribution in [1.82, 2.24) is 4.31 Å². The summed E-state index contributed by atoms with van der Waals surface area (Å²) in [6, 6.07) is 7.00. The maximum Gasteiger partial charge on any atom is 0.243 e. The average molecular weight is 274 g/mol. The molecule has 0 radical (unpaired) electrons. The average Bonchev–Trinajstić information content (AvgIpc) is 2.29. The highest BCUT2D eigenvalue weighted by Crippen LogP contribution is 2.23. The van der Waals surface area contributed by atoms with Crippen molar-refractivity contribution in [1.29, 1.82) is 0 Å². The van der Waals surface area contributed by atoms with E-state index in [9.17, 15) is 8.42 Å². The fourth-order valence-electron chi connectivity index (χ4n) is 2.04. The maximum atomic E-state index is 12.4. The quantitative estimate of drug-likeness (QED) is 0.776. The lowest BCUT2D eigenvalue weighted by Gasteiger charge is -2.28. The highest BCUT2D eigenvalue weighted by atomic mass is 35.5. The normalized spacial score (nSPS) is 22.6. The molecule has 0 bridgehead atoms. The van der Waals surface area contributed by atoms with Crippen LogP contribution < -0.4 is 0 Å². The number of aryl methyl sites for hydroxylation is 1. The van der Waals surface area contributed by atoms with E-state index in [2.05, 4.69) is 0 Å². The summed E-state index contributed by atoms with van der Waals surface area (Å²) in [5.41, 5.74) is 0.950. The third kappa shape index (κ3) is 2.81. The fraction of sp³-hybridized carbons (Fsp3) is 0.500. The minimum absolute atomic E-state index is 0.0664. The highest BCUT2D eigenvalue weighted by Gasteiger charge is 2.29. The molecule has 3 nitrogen and oxygen atoms in total. The smallest absolute Gasteiger partial charge is 0.207 e. The molecular formula is C12H16ClNO2S. The van der Waals surface area contributed by atoms with Crippen LogP contribution in [0.3, 0.4) is 0 Å². The molecule has 0 N–H and O–H groups in total. The van der Waals surface area contributed by atoms with Gasteiger partial charge in [-0.1, -0.05) is 12.1 Å². The minimum Gasteiger partial charge on any atom is -0.207 e. The molecule has 1 atom stereocenters. The van der Waals surface area contributed by atoms with Gasteiger partial charge in [-0.15, -0.1) is 11.6 Å². The molecule has 0 aliphatic carbocycles. The molecule has 1 aliphatic heterocycles. The van der Waals surface area contributed by atoms with Gasteiger partial charge >= 0.3 is 0 Å². The zero-order valence-electron chi connectivity index (χ0n) is 9.77. The number of sulfonamides is 1. The van der Waals surface area contributed by atoms with Gasteiger partial charge in [-0.25, -0.2) is 8.42 Å². The first-order valence-corrected chi connectivity index (χ1v) is 7.59. The van der Waals surface area contributed by atoms with Crippen molar-refractivity contribution in [2.75, 3.05) is 13.1 Å². The maximum absolute atomic E-state index is 12.4. The monoisotopic (exact) mass is 273 g/mol. The Labute approximate surface area is 107 Å². The van der Waals surface area contributed by atoms with Crippen LogP contribution in [0.1, 0.15) is 18.4 Å². The van der Waals surface area contributed by atoms with Crippen LogP contribution in [0.15, 0.2) is 29.2 Å². The summed E-state index contributed by atoms with van der Waals surface area (Å²) in [4.78, 5) is 0.364. The number of benzene rings is 1. The summed E-state index contributed by atoms with van der Waals surface area (Å²) in [6.07, 6.45) is 1.72. The third-order valence-electron chi connectivity index (χ3n) is 2.95. The molecule has 0 spiro atoms. The van der Waals surface area contributed by atoms with Gasteiger partial charge in [-0.2, -0.15) is 4.31 Å². The lowest BCUT2D eigenvalue weighted by Crippen LogP contribution is -2.40. The Hall–Kier alpha value is -0.580. The van der Waals surface area contributed by atoms with Crippen LogP contribution in [-0.4, -0.2) is 31.2 Å². The molecule has 1 aromatic rings. The predicted octanol–water partition coefficient (Wildman–Crippen LogP) is 2.39. The van der Waals surface area contributed by atoms with Gasteiger partial charge in [0.25, 0.3) is 0 Å². The Bertz CT molecular complexity index is 501. The van der Waals surface area contributed by atoms with E-state index >= 15 is 0 Å². The van der Waals surface area contributed by atoms with E-state index < -0.39 is 10.0 Å². The van der Waals surface area contributed by atoms with E-state index in [-0.39, 0.29) is 5.38 Å². The predicted molar refractivity (Wildman–Crippen MR) is 68.8 cm³/mol.